The number of hydrogen-bond donors (Lipinski definition) is 1. The summed E-state index contributed by atoms with van der Waals surface area (Å²) in [5, 5.41) is 3.97. The average Bonchev–Trinajstić information content (AvgIpc) is 3.11. The third kappa shape index (κ3) is 4.17. The summed E-state index contributed by atoms with van der Waals surface area (Å²) in [4.78, 5) is 17.0. The standard InChI is InChI=1S/C20H21N2O4PS/c1-13-5-9-15(10-6-13)19-21-18(17(28-19)20(23)25-3)22-27(24,26-4)16-11-7-14(2)8-12-16/h5-12H,1-4H3,(H,22,24). The number of hydrogen-bond acceptors (Lipinski definition) is 6. The van der Waals surface area contributed by atoms with Gasteiger partial charge in [-0.15, -0.1) is 11.3 Å². The lowest BCUT2D eigenvalue weighted by Gasteiger charge is -2.18. The summed E-state index contributed by atoms with van der Waals surface area (Å²) in [7, 11) is -0.812. The molecular weight excluding hydrogens is 395 g/mol. The van der Waals surface area contributed by atoms with Gasteiger partial charge in [-0.25, -0.2) is 9.78 Å². The second kappa shape index (κ2) is 8.27. The summed E-state index contributed by atoms with van der Waals surface area (Å²) < 4.78 is 23.6. The maximum Gasteiger partial charge on any atom is 0.351 e. The molecule has 8 heteroatoms. The van der Waals surface area contributed by atoms with Gasteiger partial charge in [-0.1, -0.05) is 47.5 Å². The quantitative estimate of drug-likeness (QED) is 0.460. The maximum absolute atomic E-state index is 13.4. The summed E-state index contributed by atoms with van der Waals surface area (Å²) in [5.41, 5.74) is 3.02. The van der Waals surface area contributed by atoms with E-state index in [9.17, 15) is 9.36 Å². The fourth-order valence-electron chi connectivity index (χ4n) is 2.54. The first-order valence-corrected chi connectivity index (χ1v) is 11.0. The van der Waals surface area contributed by atoms with E-state index in [1.54, 1.807) is 12.1 Å². The minimum absolute atomic E-state index is 0.179. The van der Waals surface area contributed by atoms with Crippen molar-refractivity contribution in [3.63, 3.8) is 0 Å². The summed E-state index contributed by atoms with van der Waals surface area (Å²) >= 11 is 1.18. The number of aryl methyl sites for hydroxylation is 2. The lowest BCUT2D eigenvalue weighted by atomic mass is 10.2. The number of aromatic nitrogens is 1. The Kier molecular flexibility index (Phi) is 5.98. The van der Waals surface area contributed by atoms with Gasteiger partial charge in [0.15, 0.2) is 10.7 Å². The minimum Gasteiger partial charge on any atom is -0.465 e. The highest BCUT2D eigenvalue weighted by molar-refractivity contribution is 7.68. The number of ether oxygens (including phenoxy) is 1. The van der Waals surface area contributed by atoms with Crippen LogP contribution in [0.2, 0.25) is 0 Å². The van der Waals surface area contributed by atoms with Crippen LogP contribution in [0.3, 0.4) is 0 Å². The first kappa shape index (κ1) is 20.3. The molecule has 0 aliphatic rings. The van der Waals surface area contributed by atoms with E-state index in [1.165, 1.54) is 25.6 Å². The molecule has 0 spiro atoms. The third-order valence-electron chi connectivity index (χ3n) is 4.18. The van der Waals surface area contributed by atoms with Crippen molar-refractivity contribution in [2.24, 2.45) is 0 Å². The Morgan fingerprint density at radius 2 is 1.57 bits per heavy atom. The Hall–Kier alpha value is -2.47. The zero-order valence-electron chi connectivity index (χ0n) is 16.1. The number of carbonyl (C=O) groups is 1. The van der Waals surface area contributed by atoms with E-state index < -0.39 is 13.5 Å². The monoisotopic (exact) mass is 416 g/mol. The molecule has 1 N–H and O–H groups in total. The number of esters is 1. The van der Waals surface area contributed by atoms with Gasteiger partial charge < -0.3 is 9.26 Å². The Bertz CT molecular complexity index is 1030. The SMILES string of the molecule is COC(=O)c1sc(-c2ccc(C)cc2)nc1NP(=O)(OC)c1ccc(C)cc1. The molecule has 0 fully saturated rings. The van der Waals surface area contributed by atoms with Crippen LogP contribution in [0, 0.1) is 13.8 Å². The highest BCUT2D eigenvalue weighted by Crippen LogP contribution is 2.46. The molecule has 0 amide bonds. The highest BCUT2D eigenvalue weighted by Gasteiger charge is 2.30. The lowest BCUT2D eigenvalue weighted by Crippen LogP contribution is -2.15. The van der Waals surface area contributed by atoms with Gasteiger partial charge >= 0.3 is 13.5 Å². The van der Waals surface area contributed by atoms with Crippen molar-refractivity contribution >= 4 is 35.9 Å². The van der Waals surface area contributed by atoms with Crippen LogP contribution in [-0.2, 0) is 13.8 Å². The molecular formula is C20H21N2O4PS. The van der Waals surface area contributed by atoms with E-state index >= 15 is 0 Å². The van der Waals surface area contributed by atoms with Crippen LogP contribution in [0.5, 0.6) is 0 Å². The number of thiazole rings is 1. The van der Waals surface area contributed by atoms with Crippen LogP contribution in [0.1, 0.15) is 20.8 Å². The van der Waals surface area contributed by atoms with E-state index in [1.807, 2.05) is 50.2 Å². The van der Waals surface area contributed by atoms with Crippen molar-refractivity contribution in [1.82, 2.24) is 4.98 Å². The average molecular weight is 416 g/mol. The number of carbonyl (C=O) groups excluding carboxylic acids is 1. The topological polar surface area (TPSA) is 77.5 Å². The third-order valence-corrected chi connectivity index (χ3v) is 7.26. The number of rotatable bonds is 6. The number of nitrogens with one attached hydrogen (secondary N) is 1. The van der Waals surface area contributed by atoms with E-state index in [4.69, 9.17) is 9.26 Å². The molecule has 1 unspecified atom stereocenters. The molecule has 146 valence electrons. The summed E-state index contributed by atoms with van der Waals surface area (Å²) in [5.74, 6) is -0.372. The van der Waals surface area contributed by atoms with Crippen LogP contribution in [0.4, 0.5) is 5.82 Å². The molecule has 1 aromatic heterocycles. The summed E-state index contributed by atoms with van der Waals surface area (Å²) in [6.07, 6.45) is 0. The van der Waals surface area contributed by atoms with E-state index in [0.717, 1.165) is 16.7 Å². The molecule has 2 aromatic carbocycles. The van der Waals surface area contributed by atoms with Crippen LogP contribution < -0.4 is 10.4 Å². The van der Waals surface area contributed by atoms with Crippen molar-refractivity contribution in [2.45, 2.75) is 13.8 Å². The molecule has 3 aromatic rings. The van der Waals surface area contributed by atoms with Crippen molar-refractivity contribution < 1.29 is 18.6 Å². The minimum atomic E-state index is -3.47. The Labute approximate surface area is 168 Å². The highest BCUT2D eigenvalue weighted by atomic mass is 32.1. The fourth-order valence-corrected chi connectivity index (χ4v) is 4.98. The van der Waals surface area contributed by atoms with Crippen LogP contribution >= 0.6 is 18.9 Å². The van der Waals surface area contributed by atoms with Gasteiger partial charge in [0.25, 0.3) is 0 Å². The first-order chi connectivity index (χ1) is 13.4. The molecule has 0 saturated heterocycles. The zero-order valence-corrected chi connectivity index (χ0v) is 17.8. The Balaban J connectivity index is 2.03. The zero-order chi connectivity index (χ0) is 20.3. The molecule has 0 bridgehead atoms. The molecule has 0 saturated carbocycles. The normalized spacial score (nSPS) is 13.0. The van der Waals surface area contributed by atoms with Gasteiger partial charge in [0.2, 0.25) is 0 Å². The van der Waals surface area contributed by atoms with E-state index in [2.05, 4.69) is 10.1 Å². The molecule has 28 heavy (non-hydrogen) atoms. The maximum atomic E-state index is 13.4. The van der Waals surface area contributed by atoms with Crippen LogP contribution in [0.25, 0.3) is 10.6 Å². The predicted molar refractivity (Wildman–Crippen MR) is 113 cm³/mol. The molecule has 6 nitrogen and oxygen atoms in total. The molecule has 0 aliphatic carbocycles. The smallest absolute Gasteiger partial charge is 0.351 e. The predicted octanol–water partition coefficient (Wildman–Crippen LogP) is 4.79. The second-order valence-electron chi connectivity index (χ2n) is 6.24. The van der Waals surface area contributed by atoms with Gasteiger partial charge in [-0.2, -0.15) is 0 Å². The number of anilines is 1. The number of nitrogens with zero attached hydrogens (tertiary/aromatic N) is 1. The lowest BCUT2D eigenvalue weighted by molar-refractivity contribution is 0.0607. The Morgan fingerprint density at radius 3 is 2.11 bits per heavy atom. The van der Waals surface area contributed by atoms with Gasteiger partial charge in [0.05, 0.1) is 12.4 Å². The van der Waals surface area contributed by atoms with Gasteiger partial charge in [0, 0.05) is 12.7 Å². The first-order valence-electron chi connectivity index (χ1n) is 8.54. The summed E-state index contributed by atoms with van der Waals surface area (Å²) in [6.45, 7) is 3.94. The molecule has 0 radical (unpaired) electrons. The van der Waals surface area contributed by atoms with Crippen LogP contribution in [0.15, 0.2) is 48.5 Å². The number of benzene rings is 2. The molecule has 3 rings (SSSR count). The second-order valence-corrected chi connectivity index (χ2v) is 9.44. The molecule has 0 aliphatic heterocycles. The van der Waals surface area contributed by atoms with Crippen molar-refractivity contribution in [1.29, 1.82) is 0 Å². The summed E-state index contributed by atoms with van der Waals surface area (Å²) in [6, 6.07) is 15.0. The Morgan fingerprint density at radius 1 is 1.00 bits per heavy atom. The van der Waals surface area contributed by atoms with Crippen LogP contribution in [-0.4, -0.2) is 25.2 Å². The van der Waals surface area contributed by atoms with Crippen molar-refractivity contribution in [2.75, 3.05) is 19.3 Å². The van der Waals surface area contributed by atoms with Gasteiger partial charge in [-0.05, 0) is 26.0 Å². The number of methoxy groups -OCH3 is 1. The van der Waals surface area contributed by atoms with Crippen molar-refractivity contribution in [3.05, 3.63) is 64.5 Å². The molecule has 1 atom stereocenters. The van der Waals surface area contributed by atoms with E-state index in [-0.39, 0.29) is 10.7 Å². The van der Waals surface area contributed by atoms with E-state index in [0.29, 0.717) is 10.3 Å². The molecule has 1 heterocycles. The van der Waals surface area contributed by atoms with Gasteiger partial charge in [0.1, 0.15) is 5.01 Å². The van der Waals surface area contributed by atoms with Crippen molar-refractivity contribution in [3.8, 4) is 10.6 Å². The van der Waals surface area contributed by atoms with Gasteiger partial charge in [-0.3, -0.25) is 9.65 Å². The fraction of sp³-hybridized carbons (Fsp3) is 0.200. The largest absolute Gasteiger partial charge is 0.465 e.